The van der Waals surface area contributed by atoms with Crippen LogP contribution in [0.25, 0.3) is 0 Å². The molecule has 0 aliphatic rings. The molecule has 1 aromatic rings. The second-order valence-electron chi connectivity index (χ2n) is 3.58. The molecule has 0 aromatic carbocycles. The van der Waals surface area contributed by atoms with Gasteiger partial charge in [0.2, 0.25) is 11.0 Å². The van der Waals surface area contributed by atoms with E-state index in [9.17, 15) is 9.59 Å². The first-order chi connectivity index (χ1) is 9.60. The van der Waals surface area contributed by atoms with E-state index in [1.807, 2.05) is 13.8 Å². The molecule has 0 saturated carbocycles. The van der Waals surface area contributed by atoms with Gasteiger partial charge >= 0.3 is 5.97 Å². The molecular weight excluding hydrogens is 318 g/mol. The summed E-state index contributed by atoms with van der Waals surface area (Å²) in [5, 5.41) is 10.8. The molecule has 0 spiro atoms. The van der Waals surface area contributed by atoms with Crippen molar-refractivity contribution < 1.29 is 14.3 Å². The van der Waals surface area contributed by atoms with Gasteiger partial charge in [0.1, 0.15) is 0 Å². The third-order valence-electron chi connectivity index (χ3n) is 2.20. The monoisotopic (exact) mass is 335 g/mol. The predicted molar refractivity (Wildman–Crippen MR) is 83.5 cm³/mol. The normalized spacial score (nSPS) is 11.9. The van der Waals surface area contributed by atoms with Gasteiger partial charge in [0.25, 0.3) is 0 Å². The summed E-state index contributed by atoms with van der Waals surface area (Å²) in [6, 6.07) is 0. The van der Waals surface area contributed by atoms with E-state index in [1.165, 1.54) is 30.2 Å². The van der Waals surface area contributed by atoms with Crippen LogP contribution in [0, 0.1) is 0 Å². The molecule has 1 unspecified atom stereocenters. The Morgan fingerprint density at radius 1 is 1.40 bits per heavy atom. The average Bonchev–Trinajstić information content (AvgIpc) is 2.86. The first-order valence-corrected chi connectivity index (χ1v) is 8.91. The van der Waals surface area contributed by atoms with Crippen molar-refractivity contribution in [3.63, 3.8) is 0 Å². The number of amides is 1. The van der Waals surface area contributed by atoms with E-state index >= 15 is 0 Å². The van der Waals surface area contributed by atoms with Crippen molar-refractivity contribution >= 4 is 51.9 Å². The van der Waals surface area contributed by atoms with Gasteiger partial charge in [-0.1, -0.05) is 36.9 Å². The van der Waals surface area contributed by atoms with Crippen LogP contribution in [0.2, 0.25) is 0 Å². The van der Waals surface area contributed by atoms with Crippen LogP contribution >= 0.6 is 34.9 Å². The van der Waals surface area contributed by atoms with Crippen molar-refractivity contribution in [1.29, 1.82) is 0 Å². The molecule has 1 aromatic heterocycles. The highest BCUT2D eigenvalue weighted by Gasteiger charge is 2.20. The lowest BCUT2D eigenvalue weighted by Gasteiger charge is -2.12. The number of hydrogen-bond acceptors (Lipinski definition) is 8. The fourth-order valence-corrected chi connectivity index (χ4v) is 3.79. The minimum absolute atomic E-state index is 0.161. The predicted octanol–water partition coefficient (Wildman–Crippen LogP) is 2.27. The summed E-state index contributed by atoms with van der Waals surface area (Å²) in [6.07, 6.45) is 0.628. The Bertz CT molecular complexity index is 453. The van der Waals surface area contributed by atoms with Crippen LogP contribution in [0.1, 0.15) is 20.3 Å². The molecule has 1 amide bonds. The number of carbonyl (C=O) groups excluding carboxylic acids is 2. The van der Waals surface area contributed by atoms with Gasteiger partial charge in [-0.2, -0.15) is 0 Å². The standard InChI is InChI=1S/C11H17N3O3S3/c1-4-7(19-6-8(15)17-3)9(16)12-10-13-14-11(20-10)18-5-2/h7H,4-6H2,1-3H3,(H,12,13,16). The largest absolute Gasteiger partial charge is 0.468 e. The van der Waals surface area contributed by atoms with Gasteiger partial charge in [-0.25, -0.2) is 0 Å². The highest BCUT2D eigenvalue weighted by molar-refractivity contribution is 8.01. The topological polar surface area (TPSA) is 81.2 Å². The molecule has 6 nitrogen and oxygen atoms in total. The van der Waals surface area contributed by atoms with Crippen LogP contribution in [0.3, 0.4) is 0 Å². The van der Waals surface area contributed by atoms with Crippen molar-refractivity contribution in [2.75, 3.05) is 23.9 Å². The van der Waals surface area contributed by atoms with Crippen LogP contribution in [0.5, 0.6) is 0 Å². The Morgan fingerprint density at radius 2 is 2.15 bits per heavy atom. The Hall–Kier alpha value is -0.800. The minimum Gasteiger partial charge on any atom is -0.468 e. The van der Waals surface area contributed by atoms with E-state index in [1.54, 1.807) is 11.8 Å². The summed E-state index contributed by atoms with van der Waals surface area (Å²) in [6.45, 7) is 3.92. The molecular formula is C11H17N3O3S3. The molecule has 1 heterocycles. The molecule has 0 aliphatic heterocycles. The molecule has 0 radical (unpaired) electrons. The SMILES string of the molecule is CCSc1nnc(NC(=O)C(CC)SCC(=O)OC)s1. The summed E-state index contributed by atoms with van der Waals surface area (Å²) in [7, 11) is 1.33. The number of methoxy groups -OCH3 is 1. The molecule has 9 heteroatoms. The molecule has 1 atom stereocenters. The Morgan fingerprint density at radius 3 is 2.75 bits per heavy atom. The number of nitrogens with one attached hydrogen (secondary N) is 1. The highest BCUT2D eigenvalue weighted by atomic mass is 32.2. The van der Waals surface area contributed by atoms with Gasteiger partial charge in [-0.05, 0) is 12.2 Å². The zero-order valence-corrected chi connectivity index (χ0v) is 14.0. The molecule has 0 aliphatic carbocycles. The molecule has 1 rings (SSSR count). The van der Waals surface area contributed by atoms with Crippen molar-refractivity contribution in [1.82, 2.24) is 10.2 Å². The first-order valence-electron chi connectivity index (χ1n) is 6.06. The van der Waals surface area contributed by atoms with Crippen LogP contribution in [-0.2, 0) is 14.3 Å². The van der Waals surface area contributed by atoms with Crippen LogP contribution < -0.4 is 5.32 Å². The lowest BCUT2D eigenvalue weighted by Crippen LogP contribution is -2.25. The smallest absolute Gasteiger partial charge is 0.315 e. The maximum atomic E-state index is 12.1. The average molecular weight is 335 g/mol. The van der Waals surface area contributed by atoms with Gasteiger partial charge < -0.3 is 4.74 Å². The summed E-state index contributed by atoms with van der Waals surface area (Å²) >= 11 is 4.20. The van der Waals surface area contributed by atoms with Gasteiger partial charge in [0.15, 0.2) is 4.34 Å². The number of esters is 1. The van der Waals surface area contributed by atoms with Crippen LogP contribution in [0.4, 0.5) is 5.13 Å². The highest BCUT2D eigenvalue weighted by Crippen LogP contribution is 2.26. The molecule has 0 saturated heterocycles. The quantitative estimate of drug-likeness (QED) is 0.443. The van der Waals surface area contributed by atoms with Crippen molar-refractivity contribution in [3.05, 3.63) is 0 Å². The van der Waals surface area contributed by atoms with Gasteiger partial charge in [0.05, 0.1) is 18.1 Å². The molecule has 0 bridgehead atoms. The fraction of sp³-hybridized carbons (Fsp3) is 0.636. The third kappa shape index (κ3) is 5.68. The van der Waals surface area contributed by atoms with E-state index in [4.69, 9.17) is 0 Å². The van der Waals surface area contributed by atoms with Crippen LogP contribution in [-0.4, -0.2) is 45.9 Å². The van der Waals surface area contributed by atoms with Gasteiger partial charge in [-0.3, -0.25) is 14.9 Å². The molecule has 0 fully saturated rings. The number of thioether (sulfide) groups is 2. The molecule has 112 valence electrons. The summed E-state index contributed by atoms with van der Waals surface area (Å²) in [5.74, 6) is 0.578. The Labute approximate surface area is 130 Å². The van der Waals surface area contributed by atoms with Crippen molar-refractivity contribution in [3.8, 4) is 0 Å². The lowest BCUT2D eigenvalue weighted by atomic mass is 10.3. The minimum atomic E-state index is -0.334. The lowest BCUT2D eigenvalue weighted by molar-refractivity contribution is -0.137. The second-order valence-corrected chi connectivity index (χ2v) is 7.26. The maximum Gasteiger partial charge on any atom is 0.315 e. The van der Waals surface area contributed by atoms with E-state index in [0.717, 1.165) is 10.1 Å². The van der Waals surface area contributed by atoms with Crippen molar-refractivity contribution in [2.24, 2.45) is 0 Å². The number of aromatic nitrogens is 2. The molecule has 1 N–H and O–H groups in total. The summed E-state index contributed by atoms with van der Waals surface area (Å²) < 4.78 is 5.39. The zero-order chi connectivity index (χ0) is 15.0. The number of ether oxygens (including phenoxy) is 1. The van der Waals surface area contributed by atoms with Crippen molar-refractivity contribution in [2.45, 2.75) is 29.9 Å². The Kier molecular flexibility index (Phi) is 7.93. The number of nitrogens with zero attached hydrogens (tertiary/aromatic N) is 2. The van der Waals surface area contributed by atoms with E-state index in [-0.39, 0.29) is 22.9 Å². The van der Waals surface area contributed by atoms with E-state index in [0.29, 0.717) is 11.6 Å². The van der Waals surface area contributed by atoms with Gasteiger partial charge in [-0.15, -0.1) is 22.0 Å². The third-order valence-corrected chi connectivity index (χ3v) is 5.40. The first kappa shape index (κ1) is 17.3. The molecule has 20 heavy (non-hydrogen) atoms. The van der Waals surface area contributed by atoms with E-state index in [2.05, 4.69) is 20.3 Å². The zero-order valence-electron chi connectivity index (χ0n) is 11.5. The number of anilines is 1. The summed E-state index contributed by atoms with van der Waals surface area (Å²) in [4.78, 5) is 23.2. The maximum absolute atomic E-state index is 12.1. The van der Waals surface area contributed by atoms with Crippen LogP contribution in [0.15, 0.2) is 4.34 Å². The number of hydrogen-bond donors (Lipinski definition) is 1. The van der Waals surface area contributed by atoms with Gasteiger partial charge in [0, 0.05) is 0 Å². The second kappa shape index (κ2) is 9.19. The number of rotatable bonds is 8. The van der Waals surface area contributed by atoms with E-state index < -0.39 is 0 Å². The summed E-state index contributed by atoms with van der Waals surface area (Å²) in [5.41, 5.74) is 0. The number of carbonyl (C=O) groups is 2. The Balaban J connectivity index is 2.51. The fourth-order valence-electron chi connectivity index (χ4n) is 1.23.